The van der Waals surface area contributed by atoms with Gasteiger partial charge < -0.3 is 20.3 Å². The molecule has 5 heteroatoms. The summed E-state index contributed by atoms with van der Waals surface area (Å²) in [6.07, 6.45) is 0. The number of benzene rings is 3. The number of carboxylic acid groups (broad SMARTS) is 1. The summed E-state index contributed by atoms with van der Waals surface area (Å²) in [6, 6.07) is 22.2. The Balaban J connectivity index is 1.98. The number of ether oxygens (including phenoxy) is 2. The van der Waals surface area contributed by atoms with Gasteiger partial charge in [-0.2, -0.15) is 0 Å². The average molecular weight is 375 g/mol. The minimum atomic E-state index is -1.14. The first-order valence-electron chi connectivity index (χ1n) is 9.09. The van der Waals surface area contributed by atoms with Gasteiger partial charge in [-0.1, -0.05) is 66.2 Å². The Morgan fingerprint density at radius 3 is 2.21 bits per heavy atom. The lowest BCUT2D eigenvalue weighted by atomic mass is 9.77. The van der Waals surface area contributed by atoms with Crippen LogP contribution in [0.2, 0.25) is 0 Å². The third kappa shape index (κ3) is 2.95. The van der Waals surface area contributed by atoms with E-state index in [1.165, 1.54) is 0 Å². The number of aryl methyl sites for hydroxylation is 1. The molecule has 0 amide bonds. The van der Waals surface area contributed by atoms with E-state index in [4.69, 9.17) is 15.2 Å². The van der Waals surface area contributed by atoms with Crippen molar-refractivity contribution in [3.63, 3.8) is 0 Å². The summed E-state index contributed by atoms with van der Waals surface area (Å²) in [7, 11) is 0. The molecule has 0 fully saturated rings. The highest BCUT2D eigenvalue weighted by Crippen LogP contribution is 2.52. The largest absolute Gasteiger partial charge is 0.480 e. The minimum absolute atomic E-state index is 0.147. The van der Waals surface area contributed by atoms with Crippen LogP contribution in [0.4, 0.5) is 0 Å². The van der Waals surface area contributed by atoms with Gasteiger partial charge in [0, 0.05) is 11.1 Å². The zero-order chi connectivity index (χ0) is 19.7. The van der Waals surface area contributed by atoms with Crippen molar-refractivity contribution in [1.29, 1.82) is 0 Å². The number of carbonyl (C=O) groups is 1. The molecule has 28 heavy (non-hydrogen) atoms. The van der Waals surface area contributed by atoms with E-state index >= 15 is 0 Å². The predicted octanol–water partition coefficient (Wildman–Crippen LogP) is 3.82. The van der Waals surface area contributed by atoms with Crippen molar-refractivity contribution >= 4 is 5.97 Å². The van der Waals surface area contributed by atoms with Gasteiger partial charge in [0.1, 0.15) is 17.5 Å². The molecule has 3 N–H and O–H groups in total. The standard InChI is InChI=1S/C23H21NO4/c1-15-7-6-8-16(13-15)23(27-14-19(24)22(25)26)17-9-2-4-11-20(17)28-21-12-5-3-10-18(21)23/h2-13,19H,14,24H2,1H3,(H,25,26)/t19-/m0/s1. The normalized spacial score (nSPS) is 15.1. The summed E-state index contributed by atoms with van der Waals surface area (Å²) in [5.41, 5.74) is 8.36. The van der Waals surface area contributed by atoms with Crippen LogP contribution < -0.4 is 10.5 Å². The Kier molecular flexibility index (Phi) is 4.63. The third-order valence-corrected chi connectivity index (χ3v) is 4.97. The van der Waals surface area contributed by atoms with Crippen LogP contribution in [-0.2, 0) is 15.1 Å². The van der Waals surface area contributed by atoms with Gasteiger partial charge in [-0.15, -0.1) is 0 Å². The van der Waals surface area contributed by atoms with Gasteiger partial charge in [-0.3, -0.25) is 4.79 Å². The van der Waals surface area contributed by atoms with E-state index in [1.807, 2.05) is 79.7 Å². The van der Waals surface area contributed by atoms with Crippen molar-refractivity contribution in [3.8, 4) is 11.5 Å². The molecule has 0 radical (unpaired) electrons. The maximum atomic E-state index is 11.3. The monoisotopic (exact) mass is 375 g/mol. The van der Waals surface area contributed by atoms with Crippen LogP contribution >= 0.6 is 0 Å². The third-order valence-electron chi connectivity index (χ3n) is 4.97. The predicted molar refractivity (Wildman–Crippen MR) is 106 cm³/mol. The number of hydrogen-bond donors (Lipinski definition) is 2. The molecule has 0 saturated heterocycles. The molecule has 4 rings (SSSR count). The SMILES string of the molecule is Cc1cccc(C2(OC[C@H](N)C(=O)O)c3ccccc3Oc3ccccc32)c1. The molecule has 0 spiro atoms. The smallest absolute Gasteiger partial charge is 0.322 e. The van der Waals surface area contributed by atoms with Crippen LogP contribution in [0.25, 0.3) is 0 Å². The van der Waals surface area contributed by atoms with E-state index in [0.717, 1.165) is 22.3 Å². The molecule has 0 saturated carbocycles. The fraction of sp³-hybridized carbons (Fsp3) is 0.174. The maximum Gasteiger partial charge on any atom is 0.322 e. The summed E-state index contributed by atoms with van der Waals surface area (Å²) >= 11 is 0. The van der Waals surface area contributed by atoms with Gasteiger partial charge in [0.15, 0.2) is 5.60 Å². The number of para-hydroxylation sites is 2. The highest BCUT2D eigenvalue weighted by atomic mass is 16.5. The summed E-state index contributed by atoms with van der Waals surface area (Å²) in [5.74, 6) is 0.242. The molecule has 1 heterocycles. The molecule has 0 aromatic heterocycles. The molecule has 3 aromatic rings. The van der Waals surface area contributed by atoms with Crippen molar-refractivity contribution in [3.05, 3.63) is 95.1 Å². The molecule has 3 aromatic carbocycles. The van der Waals surface area contributed by atoms with Gasteiger partial charge in [-0.25, -0.2) is 0 Å². The highest BCUT2D eigenvalue weighted by Gasteiger charge is 2.45. The van der Waals surface area contributed by atoms with Gasteiger partial charge in [0.05, 0.1) is 6.61 Å². The van der Waals surface area contributed by atoms with Crippen molar-refractivity contribution in [1.82, 2.24) is 0 Å². The molecule has 1 atom stereocenters. The summed E-state index contributed by atoms with van der Waals surface area (Å²) in [5, 5.41) is 9.27. The summed E-state index contributed by atoms with van der Waals surface area (Å²) in [6.45, 7) is 1.86. The van der Waals surface area contributed by atoms with E-state index in [2.05, 4.69) is 0 Å². The molecule has 142 valence electrons. The van der Waals surface area contributed by atoms with Crippen molar-refractivity contribution in [2.45, 2.75) is 18.6 Å². The molecular formula is C23H21NO4. The van der Waals surface area contributed by atoms with E-state index in [0.29, 0.717) is 11.5 Å². The second-order valence-electron chi connectivity index (χ2n) is 6.90. The summed E-state index contributed by atoms with van der Waals surface area (Å²) < 4.78 is 12.5. The van der Waals surface area contributed by atoms with Gasteiger partial charge in [0.25, 0.3) is 0 Å². The fourth-order valence-electron chi connectivity index (χ4n) is 3.66. The first-order valence-corrected chi connectivity index (χ1v) is 9.09. The number of nitrogens with two attached hydrogens (primary N) is 1. The van der Waals surface area contributed by atoms with Gasteiger partial charge in [-0.05, 0) is 24.6 Å². The Morgan fingerprint density at radius 1 is 1.04 bits per heavy atom. The number of rotatable bonds is 5. The quantitative estimate of drug-likeness (QED) is 0.708. The van der Waals surface area contributed by atoms with Crippen molar-refractivity contribution < 1.29 is 19.4 Å². The molecule has 1 aliphatic rings. The molecule has 0 bridgehead atoms. The first kappa shape index (κ1) is 18.2. The summed E-state index contributed by atoms with van der Waals surface area (Å²) in [4.78, 5) is 11.3. The fourth-order valence-corrected chi connectivity index (χ4v) is 3.66. The van der Waals surface area contributed by atoms with E-state index < -0.39 is 17.6 Å². The molecule has 0 aliphatic carbocycles. The van der Waals surface area contributed by atoms with E-state index in [9.17, 15) is 9.90 Å². The second kappa shape index (κ2) is 7.11. The zero-order valence-corrected chi connectivity index (χ0v) is 15.5. The number of fused-ring (bicyclic) bond motifs is 2. The Labute approximate surface area is 163 Å². The number of hydrogen-bond acceptors (Lipinski definition) is 4. The van der Waals surface area contributed by atoms with Crippen molar-refractivity contribution in [2.24, 2.45) is 5.73 Å². The molecule has 1 aliphatic heterocycles. The molecule has 0 unspecified atom stereocenters. The minimum Gasteiger partial charge on any atom is -0.480 e. The van der Waals surface area contributed by atoms with E-state index in [1.54, 1.807) is 0 Å². The average Bonchev–Trinajstić information content (AvgIpc) is 2.70. The van der Waals surface area contributed by atoms with Crippen LogP contribution in [0.15, 0.2) is 72.8 Å². The molecular weight excluding hydrogens is 354 g/mol. The maximum absolute atomic E-state index is 11.3. The zero-order valence-electron chi connectivity index (χ0n) is 15.5. The van der Waals surface area contributed by atoms with Crippen LogP contribution in [0, 0.1) is 6.92 Å². The lowest BCUT2D eigenvalue weighted by Gasteiger charge is -2.41. The highest BCUT2D eigenvalue weighted by molar-refractivity contribution is 5.73. The lowest BCUT2D eigenvalue weighted by molar-refractivity contribution is -0.141. The molecule has 5 nitrogen and oxygen atoms in total. The Hall–Kier alpha value is -3.15. The van der Waals surface area contributed by atoms with Crippen LogP contribution in [0.3, 0.4) is 0 Å². The number of aliphatic carboxylic acids is 1. The second-order valence-corrected chi connectivity index (χ2v) is 6.90. The van der Waals surface area contributed by atoms with E-state index in [-0.39, 0.29) is 6.61 Å². The Bertz CT molecular complexity index is 985. The van der Waals surface area contributed by atoms with Crippen LogP contribution in [-0.4, -0.2) is 23.7 Å². The number of carboxylic acids is 1. The van der Waals surface area contributed by atoms with Crippen molar-refractivity contribution in [2.75, 3.05) is 6.61 Å². The Morgan fingerprint density at radius 2 is 1.64 bits per heavy atom. The van der Waals surface area contributed by atoms with Gasteiger partial charge in [0.2, 0.25) is 0 Å². The van der Waals surface area contributed by atoms with Gasteiger partial charge >= 0.3 is 5.97 Å². The first-order chi connectivity index (χ1) is 13.5. The van der Waals surface area contributed by atoms with Crippen LogP contribution in [0.1, 0.15) is 22.3 Å². The van der Waals surface area contributed by atoms with Crippen LogP contribution in [0.5, 0.6) is 11.5 Å². The lowest BCUT2D eigenvalue weighted by Crippen LogP contribution is -2.42. The topological polar surface area (TPSA) is 81.8 Å².